The molecule has 4 rings (SSSR count). The molecule has 6 nitrogen and oxygen atoms in total. The van der Waals surface area contributed by atoms with E-state index >= 15 is 0 Å². The highest BCUT2D eigenvalue weighted by atomic mass is 35.5. The van der Waals surface area contributed by atoms with Gasteiger partial charge < -0.3 is 14.4 Å². The van der Waals surface area contributed by atoms with Crippen LogP contribution < -0.4 is 4.74 Å². The van der Waals surface area contributed by atoms with Crippen LogP contribution >= 0.6 is 11.6 Å². The molecule has 1 amide bonds. The topological polar surface area (TPSA) is 56.6 Å². The van der Waals surface area contributed by atoms with Crippen molar-refractivity contribution in [2.45, 2.75) is 45.8 Å². The molecule has 1 aromatic heterocycles. The second-order valence-electron chi connectivity index (χ2n) is 9.34. The van der Waals surface area contributed by atoms with Crippen LogP contribution in [0.3, 0.4) is 0 Å². The second-order valence-corrected chi connectivity index (χ2v) is 9.78. The summed E-state index contributed by atoms with van der Waals surface area (Å²) in [6.07, 6.45) is 1.69. The van der Waals surface area contributed by atoms with Gasteiger partial charge in [-0.2, -0.15) is 4.98 Å². The number of halogens is 1. The molecule has 3 aromatic rings. The lowest BCUT2D eigenvalue weighted by molar-refractivity contribution is 0.0136. The summed E-state index contributed by atoms with van der Waals surface area (Å²) in [4.78, 5) is 19.0. The maximum absolute atomic E-state index is 12.5. The summed E-state index contributed by atoms with van der Waals surface area (Å²) in [6.45, 7) is 8.13. The molecule has 1 atom stereocenters. The van der Waals surface area contributed by atoms with Crippen LogP contribution in [0.1, 0.15) is 39.2 Å². The molecule has 0 N–H and O–H groups in total. The number of carbonyl (C=O) groups is 1. The Morgan fingerprint density at radius 3 is 2.78 bits per heavy atom. The van der Waals surface area contributed by atoms with E-state index in [1.54, 1.807) is 4.90 Å². The van der Waals surface area contributed by atoms with E-state index in [-0.39, 0.29) is 12.0 Å². The minimum atomic E-state index is -0.494. The molecule has 1 aliphatic rings. The number of hydrogen-bond donors (Lipinski definition) is 0. The van der Waals surface area contributed by atoms with Gasteiger partial charge in [0, 0.05) is 24.0 Å². The Balaban J connectivity index is 1.47. The van der Waals surface area contributed by atoms with Gasteiger partial charge in [-0.05, 0) is 63.4 Å². The summed E-state index contributed by atoms with van der Waals surface area (Å²) in [5, 5.41) is 0.707. The van der Waals surface area contributed by atoms with Crippen molar-refractivity contribution >= 4 is 28.7 Å². The van der Waals surface area contributed by atoms with Crippen molar-refractivity contribution in [1.29, 1.82) is 0 Å². The molecule has 0 saturated carbocycles. The average Bonchev–Trinajstić information content (AvgIpc) is 3.09. The number of likely N-dealkylation sites (tertiary alicyclic amines) is 1. The lowest BCUT2D eigenvalue weighted by Gasteiger charge is -2.33. The molecule has 0 aliphatic carbocycles. The quantitative estimate of drug-likeness (QED) is 0.490. The second kappa shape index (κ2) is 9.41. The Hall–Kier alpha value is -2.73. The molecule has 170 valence electrons. The SMILES string of the molecule is CC(C)(C)OC(=O)N1CCC[C@@H](COc2nc3ccccc3n2Cc2cccc(Cl)c2)C1. The van der Waals surface area contributed by atoms with E-state index < -0.39 is 5.60 Å². The van der Waals surface area contributed by atoms with E-state index in [4.69, 9.17) is 26.1 Å². The van der Waals surface area contributed by atoms with Gasteiger partial charge in [0.1, 0.15) is 5.60 Å². The average molecular weight is 456 g/mol. The number of fused-ring (bicyclic) bond motifs is 1. The standard InChI is InChI=1S/C25H30ClN3O3/c1-25(2,3)32-24(30)28-13-7-9-19(15-28)17-31-23-27-21-11-4-5-12-22(21)29(23)16-18-8-6-10-20(26)14-18/h4-6,8,10-12,14,19H,7,9,13,15-17H2,1-3H3/t19-/m1/s1. The number of aromatic nitrogens is 2. The highest BCUT2D eigenvalue weighted by Gasteiger charge is 2.28. The van der Waals surface area contributed by atoms with Gasteiger partial charge in [-0.3, -0.25) is 4.57 Å². The molecule has 0 bridgehead atoms. The van der Waals surface area contributed by atoms with Crippen LogP contribution in [-0.4, -0.2) is 45.8 Å². The Kier molecular flexibility index (Phi) is 6.60. The van der Waals surface area contributed by atoms with Crippen molar-refractivity contribution in [2.24, 2.45) is 5.92 Å². The highest BCUT2D eigenvalue weighted by Crippen LogP contribution is 2.26. The van der Waals surface area contributed by atoms with Gasteiger partial charge in [0.2, 0.25) is 0 Å². The number of piperidine rings is 1. The number of amides is 1. The largest absolute Gasteiger partial charge is 0.464 e. The van der Waals surface area contributed by atoms with Gasteiger partial charge in [-0.25, -0.2) is 4.79 Å². The molecule has 32 heavy (non-hydrogen) atoms. The maximum Gasteiger partial charge on any atom is 0.410 e. The molecular weight excluding hydrogens is 426 g/mol. The third-order valence-electron chi connectivity index (χ3n) is 5.47. The van der Waals surface area contributed by atoms with Crippen molar-refractivity contribution in [1.82, 2.24) is 14.5 Å². The molecule has 1 fully saturated rings. The molecule has 1 aliphatic heterocycles. The summed E-state index contributed by atoms with van der Waals surface area (Å²) >= 11 is 6.19. The fraction of sp³-hybridized carbons (Fsp3) is 0.440. The Bertz CT molecular complexity index is 1090. The number of para-hydroxylation sites is 2. The van der Waals surface area contributed by atoms with Gasteiger partial charge in [0.25, 0.3) is 6.01 Å². The Labute approximate surface area is 194 Å². The molecule has 1 saturated heterocycles. The first-order valence-corrected chi connectivity index (χ1v) is 11.5. The number of imidazole rings is 1. The van der Waals surface area contributed by atoms with Crippen molar-refractivity contribution < 1.29 is 14.3 Å². The Morgan fingerprint density at radius 2 is 2.00 bits per heavy atom. The van der Waals surface area contributed by atoms with E-state index in [2.05, 4.69) is 4.57 Å². The lowest BCUT2D eigenvalue weighted by atomic mass is 9.99. The summed E-state index contributed by atoms with van der Waals surface area (Å²) in [6, 6.07) is 16.4. The van der Waals surface area contributed by atoms with Gasteiger partial charge in [0.15, 0.2) is 0 Å². The zero-order valence-corrected chi connectivity index (χ0v) is 19.6. The summed E-state index contributed by atoms with van der Waals surface area (Å²) in [5.74, 6) is 0.232. The van der Waals surface area contributed by atoms with Crippen molar-refractivity contribution in [3.8, 4) is 6.01 Å². The number of rotatable bonds is 5. The predicted molar refractivity (Wildman–Crippen MR) is 126 cm³/mol. The van der Waals surface area contributed by atoms with Crippen LogP contribution in [0.15, 0.2) is 48.5 Å². The van der Waals surface area contributed by atoms with Crippen molar-refractivity contribution in [3.63, 3.8) is 0 Å². The number of ether oxygens (including phenoxy) is 2. The van der Waals surface area contributed by atoms with Crippen LogP contribution in [0.4, 0.5) is 4.79 Å². The molecule has 0 unspecified atom stereocenters. The third-order valence-corrected chi connectivity index (χ3v) is 5.70. The molecule has 2 heterocycles. The summed E-state index contributed by atoms with van der Waals surface area (Å²) in [7, 11) is 0. The molecule has 0 radical (unpaired) electrons. The smallest absolute Gasteiger partial charge is 0.410 e. The van der Waals surface area contributed by atoms with Gasteiger partial charge >= 0.3 is 6.09 Å². The zero-order chi connectivity index (χ0) is 22.7. The number of nitrogens with zero attached hydrogens (tertiary/aromatic N) is 3. The van der Waals surface area contributed by atoms with Crippen LogP contribution in [0, 0.1) is 5.92 Å². The summed E-state index contributed by atoms with van der Waals surface area (Å²) in [5.41, 5.74) is 2.50. The van der Waals surface area contributed by atoms with Crippen LogP contribution in [0.5, 0.6) is 6.01 Å². The molecule has 0 spiro atoms. The van der Waals surface area contributed by atoms with Crippen molar-refractivity contribution in [3.05, 3.63) is 59.1 Å². The fourth-order valence-corrected chi connectivity index (χ4v) is 4.23. The lowest BCUT2D eigenvalue weighted by Crippen LogP contribution is -2.44. The van der Waals surface area contributed by atoms with E-state index in [0.29, 0.717) is 30.7 Å². The normalized spacial score (nSPS) is 16.9. The van der Waals surface area contributed by atoms with E-state index in [1.165, 1.54) is 0 Å². The Morgan fingerprint density at radius 1 is 1.19 bits per heavy atom. The first-order valence-electron chi connectivity index (χ1n) is 11.1. The van der Waals surface area contributed by atoms with E-state index in [9.17, 15) is 4.79 Å². The number of benzene rings is 2. The first-order chi connectivity index (χ1) is 15.3. The van der Waals surface area contributed by atoms with Gasteiger partial charge in [-0.15, -0.1) is 0 Å². The van der Waals surface area contributed by atoms with E-state index in [0.717, 1.165) is 36.0 Å². The summed E-state index contributed by atoms with van der Waals surface area (Å²) < 4.78 is 13.9. The van der Waals surface area contributed by atoms with E-state index in [1.807, 2.05) is 69.3 Å². The predicted octanol–water partition coefficient (Wildman–Crippen LogP) is 5.76. The maximum atomic E-state index is 12.5. The number of hydrogen-bond acceptors (Lipinski definition) is 4. The van der Waals surface area contributed by atoms with Gasteiger partial charge in [-0.1, -0.05) is 35.9 Å². The zero-order valence-electron chi connectivity index (χ0n) is 18.9. The molecule has 2 aromatic carbocycles. The first kappa shape index (κ1) is 22.5. The highest BCUT2D eigenvalue weighted by molar-refractivity contribution is 6.30. The third kappa shape index (κ3) is 5.54. The van der Waals surface area contributed by atoms with Crippen molar-refractivity contribution in [2.75, 3.05) is 19.7 Å². The fourth-order valence-electron chi connectivity index (χ4n) is 4.02. The molecular formula is C25H30ClN3O3. The monoisotopic (exact) mass is 455 g/mol. The van der Waals surface area contributed by atoms with Crippen LogP contribution in [-0.2, 0) is 11.3 Å². The number of carbonyl (C=O) groups excluding carboxylic acids is 1. The molecule has 7 heteroatoms. The minimum absolute atomic E-state index is 0.232. The minimum Gasteiger partial charge on any atom is -0.464 e. The van der Waals surface area contributed by atoms with Gasteiger partial charge in [0.05, 0.1) is 24.2 Å². The van der Waals surface area contributed by atoms with Crippen LogP contribution in [0.2, 0.25) is 5.02 Å². The van der Waals surface area contributed by atoms with Crippen LogP contribution in [0.25, 0.3) is 11.0 Å².